The molecule has 2 aliphatic rings. The highest BCUT2D eigenvalue weighted by Crippen LogP contribution is 2.39. The number of Topliss-reactive ketones (excluding diaryl/α,β-unsaturated/α-hetero) is 1. The zero-order valence-corrected chi connectivity index (χ0v) is 14.3. The molecule has 23 heavy (non-hydrogen) atoms. The first-order valence-electron chi connectivity index (χ1n) is 8.57. The molecule has 0 saturated carbocycles. The summed E-state index contributed by atoms with van der Waals surface area (Å²) in [5.41, 5.74) is 1.95. The van der Waals surface area contributed by atoms with E-state index in [4.69, 9.17) is 0 Å². The van der Waals surface area contributed by atoms with Crippen molar-refractivity contribution in [3.63, 3.8) is 0 Å². The molecule has 2 aliphatic heterocycles. The summed E-state index contributed by atoms with van der Waals surface area (Å²) >= 11 is 0. The first-order valence-corrected chi connectivity index (χ1v) is 9.84. The Morgan fingerprint density at radius 3 is 2.48 bits per heavy atom. The van der Waals surface area contributed by atoms with Gasteiger partial charge in [-0.3, -0.25) is 9.00 Å². The van der Waals surface area contributed by atoms with Gasteiger partial charge in [0.05, 0.1) is 0 Å². The molecule has 0 spiro atoms. The minimum absolute atomic E-state index is 0.0486. The molecule has 2 fully saturated rings. The predicted molar refractivity (Wildman–Crippen MR) is 95.3 cm³/mol. The van der Waals surface area contributed by atoms with E-state index in [-0.39, 0.29) is 22.2 Å². The molecule has 2 heterocycles. The Hall–Kier alpha value is -1.48. The lowest BCUT2D eigenvalue weighted by atomic mass is 9.82. The predicted octanol–water partition coefficient (Wildman–Crippen LogP) is 4.41. The highest BCUT2D eigenvalue weighted by atomic mass is 32.2. The van der Waals surface area contributed by atoms with Crippen LogP contribution in [0.4, 0.5) is 0 Å². The molecule has 2 saturated heterocycles. The Morgan fingerprint density at radius 2 is 1.74 bits per heavy atom. The number of benzene rings is 2. The molecule has 4 rings (SSSR count). The lowest BCUT2D eigenvalue weighted by Gasteiger charge is -2.37. The molecule has 0 amide bonds. The quantitative estimate of drug-likeness (QED) is 0.766. The van der Waals surface area contributed by atoms with Crippen LogP contribution in [0.3, 0.4) is 0 Å². The molecule has 2 atom stereocenters. The molecule has 2 aromatic rings. The summed E-state index contributed by atoms with van der Waals surface area (Å²) in [7, 11) is -0.714. The number of aryl methyl sites for hydroxylation is 1. The lowest BCUT2D eigenvalue weighted by molar-refractivity contribution is 0.0896. The number of rotatable bonds is 2. The number of ketones is 1. The largest absolute Gasteiger partial charge is 0.294 e. The fourth-order valence-corrected chi connectivity index (χ4v) is 6.55. The van der Waals surface area contributed by atoms with Crippen molar-refractivity contribution in [2.24, 2.45) is 5.92 Å². The molecule has 0 aliphatic carbocycles. The van der Waals surface area contributed by atoms with E-state index in [1.54, 1.807) is 0 Å². The van der Waals surface area contributed by atoms with E-state index in [0.717, 1.165) is 47.6 Å². The maximum atomic E-state index is 13.3. The Morgan fingerprint density at radius 1 is 1.04 bits per heavy atom. The summed E-state index contributed by atoms with van der Waals surface area (Å²) in [5.74, 6) is 0.320. The zero-order valence-electron chi connectivity index (χ0n) is 13.5. The number of hydrogen-bond acceptors (Lipinski definition) is 2. The minimum Gasteiger partial charge on any atom is -0.294 e. The van der Waals surface area contributed by atoms with Gasteiger partial charge < -0.3 is 0 Å². The zero-order chi connectivity index (χ0) is 16.0. The van der Waals surface area contributed by atoms with Crippen LogP contribution in [-0.4, -0.2) is 20.5 Å². The van der Waals surface area contributed by atoms with Crippen LogP contribution in [0.1, 0.15) is 48.0 Å². The molecular formula is C20H22O2S. The Balaban J connectivity index is 1.73. The van der Waals surface area contributed by atoms with Crippen molar-refractivity contribution in [2.75, 3.05) is 0 Å². The summed E-state index contributed by atoms with van der Waals surface area (Å²) in [6, 6.07) is 12.3. The van der Waals surface area contributed by atoms with Gasteiger partial charge in [0.25, 0.3) is 0 Å². The number of carbonyl (C=O) groups is 1. The van der Waals surface area contributed by atoms with Crippen molar-refractivity contribution in [2.45, 2.75) is 49.5 Å². The van der Waals surface area contributed by atoms with E-state index >= 15 is 0 Å². The van der Waals surface area contributed by atoms with Gasteiger partial charge in [-0.05, 0) is 48.9 Å². The number of hydrogen-bond donors (Lipinski definition) is 0. The summed E-state index contributed by atoms with van der Waals surface area (Å²) in [6.07, 6.45) is 4.85. The normalized spacial score (nSPS) is 30.3. The van der Waals surface area contributed by atoms with Gasteiger partial charge in [-0.1, -0.05) is 42.8 Å². The third-order valence-electron chi connectivity index (χ3n) is 5.56. The number of fused-ring (bicyclic) bond motifs is 3. The van der Waals surface area contributed by atoms with E-state index in [1.807, 2.05) is 19.1 Å². The highest BCUT2D eigenvalue weighted by molar-refractivity contribution is 7.86. The monoisotopic (exact) mass is 326 g/mol. The van der Waals surface area contributed by atoms with Gasteiger partial charge >= 0.3 is 0 Å². The standard InChI is InChI=1S/C20H22O2S/c1-13-9-10-14-5-2-3-8-18(14)19(13)20(21)15-11-16-6-4-7-17(12-15)23(16)22/h2-3,5,8-10,15-17H,4,6-7,11-12H2,1H3. The van der Waals surface area contributed by atoms with Crippen LogP contribution in [0.5, 0.6) is 0 Å². The SMILES string of the molecule is Cc1ccc2ccccc2c1C(=O)C1CC2CCCC(C1)S2=O. The van der Waals surface area contributed by atoms with E-state index < -0.39 is 10.8 Å². The lowest BCUT2D eigenvalue weighted by Crippen LogP contribution is -2.41. The van der Waals surface area contributed by atoms with E-state index in [9.17, 15) is 9.00 Å². The van der Waals surface area contributed by atoms with Crippen molar-refractivity contribution in [1.29, 1.82) is 0 Å². The summed E-state index contributed by atoms with van der Waals surface area (Å²) < 4.78 is 12.4. The first kappa shape index (κ1) is 15.1. The summed E-state index contributed by atoms with van der Waals surface area (Å²) in [6.45, 7) is 2.03. The highest BCUT2D eigenvalue weighted by Gasteiger charge is 2.41. The topological polar surface area (TPSA) is 34.1 Å². The molecule has 120 valence electrons. The van der Waals surface area contributed by atoms with E-state index in [1.165, 1.54) is 6.42 Å². The third-order valence-corrected chi connectivity index (χ3v) is 7.73. The van der Waals surface area contributed by atoms with Crippen molar-refractivity contribution >= 4 is 27.4 Å². The fraction of sp³-hybridized carbons (Fsp3) is 0.450. The minimum atomic E-state index is -0.714. The second kappa shape index (κ2) is 5.86. The average Bonchev–Trinajstić information content (AvgIpc) is 2.54. The van der Waals surface area contributed by atoms with Crippen LogP contribution in [0.25, 0.3) is 10.8 Å². The molecule has 0 N–H and O–H groups in total. The van der Waals surface area contributed by atoms with Gasteiger partial charge in [0.15, 0.2) is 5.78 Å². The van der Waals surface area contributed by atoms with Gasteiger partial charge in [-0.25, -0.2) is 0 Å². The molecule has 2 aromatic carbocycles. The van der Waals surface area contributed by atoms with Crippen LogP contribution < -0.4 is 0 Å². The Labute approximate surface area is 139 Å². The summed E-state index contributed by atoms with van der Waals surface area (Å²) in [4.78, 5) is 13.3. The van der Waals surface area contributed by atoms with E-state index in [0.29, 0.717) is 0 Å². The third kappa shape index (κ3) is 2.55. The second-order valence-corrected chi connectivity index (χ2v) is 9.01. The molecular weight excluding hydrogens is 304 g/mol. The maximum absolute atomic E-state index is 13.3. The molecule has 0 aromatic heterocycles. The van der Waals surface area contributed by atoms with Crippen molar-refractivity contribution in [3.8, 4) is 0 Å². The molecule has 2 bridgehead atoms. The maximum Gasteiger partial charge on any atom is 0.166 e. The van der Waals surface area contributed by atoms with Crippen LogP contribution >= 0.6 is 0 Å². The van der Waals surface area contributed by atoms with Crippen LogP contribution in [-0.2, 0) is 10.8 Å². The van der Waals surface area contributed by atoms with Gasteiger partial charge in [0.1, 0.15) is 0 Å². The van der Waals surface area contributed by atoms with Gasteiger partial charge in [-0.15, -0.1) is 0 Å². The van der Waals surface area contributed by atoms with Gasteiger partial charge in [-0.2, -0.15) is 0 Å². The Kier molecular flexibility index (Phi) is 3.84. The van der Waals surface area contributed by atoms with Crippen LogP contribution in [0, 0.1) is 12.8 Å². The fourth-order valence-electron chi connectivity index (χ4n) is 4.36. The van der Waals surface area contributed by atoms with Crippen molar-refractivity contribution in [3.05, 3.63) is 47.5 Å². The number of carbonyl (C=O) groups excluding carboxylic acids is 1. The smallest absolute Gasteiger partial charge is 0.166 e. The van der Waals surface area contributed by atoms with Crippen molar-refractivity contribution in [1.82, 2.24) is 0 Å². The molecule has 3 heteroatoms. The van der Waals surface area contributed by atoms with Crippen LogP contribution in [0.2, 0.25) is 0 Å². The first-order chi connectivity index (χ1) is 11.1. The van der Waals surface area contributed by atoms with Gasteiger partial charge in [0, 0.05) is 32.8 Å². The molecule has 2 unspecified atom stereocenters. The second-order valence-electron chi connectivity index (χ2n) is 7.01. The average molecular weight is 326 g/mol. The van der Waals surface area contributed by atoms with E-state index in [2.05, 4.69) is 24.3 Å². The van der Waals surface area contributed by atoms with Gasteiger partial charge in [0.2, 0.25) is 0 Å². The summed E-state index contributed by atoms with van der Waals surface area (Å²) in [5, 5.41) is 2.67. The van der Waals surface area contributed by atoms with Crippen molar-refractivity contribution < 1.29 is 9.00 Å². The Bertz CT molecular complexity index is 779. The molecule has 0 radical (unpaired) electrons. The molecule has 2 nitrogen and oxygen atoms in total. The van der Waals surface area contributed by atoms with Crippen LogP contribution in [0.15, 0.2) is 36.4 Å².